The zero-order valence-corrected chi connectivity index (χ0v) is 12.5. The maximum absolute atomic E-state index is 9.08. The first-order chi connectivity index (χ1) is 9.72. The number of hydrogen-bond donors (Lipinski definition) is 1. The number of aromatic nitrogens is 2. The maximum Gasteiger partial charge on any atom is 0.178 e. The molecule has 1 aromatic heterocycles. The van der Waals surface area contributed by atoms with Crippen molar-refractivity contribution in [3.05, 3.63) is 28.5 Å². The van der Waals surface area contributed by atoms with Gasteiger partial charge in [-0.15, -0.1) is 0 Å². The zero-order chi connectivity index (χ0) is 14.1. The summed E-state index contributed by atoms with van der Waals surface area (Å²) >= 11 is 5.50. The Morgan fingerprint density at radius 2 is 2.10 bits per heavy atom. The van der Waals surface area contributed by atoms with E-state index in [1.165, 1.54) is 32.1 Å². The van der Waals surface area contributed by atoms with Crippen molar-refractivity contribution >= 4 is 23.3 Å². The predicted octanol–water partition coefficient (Wildman–Crippen LogP) is 4.71. The number of nitriles is 1. The van der Waals surface area contributed by atoms with Gasteiger partial charge in [-0.05, 0) is 62.0 Å². The summed E-state index contributed by atoms with van der Waals surface area (Å²) in [5.74, 6) is 0.875. The molecule has 0 bridgehead atoms. The lowest BCUT2D eigenvalue weighted by Crippen LogP contribution is -2.17. The second-order valence-electron chi connectivity index (χ2n) is 5.73. The molecule has 1 aromatic carbocycles. The molecule has 1 N–H and O–H groups in total. The minimum Gasteiger partial charge on any atom is -0.331 e. The molecular formula is C16H19N3S. The molecule has 1 saturated carbocycles. The summed E-state index contributed by atoms with van der Waals surface area (Å²) in [6, 6.07) is 8.44. The van der Waals surface area contributed by atoms with Crippen LogP contribution in [0.4, 0.5) is 0 Å². The molecule has 0 saturated heterocycles. The summed E-state index contributed by atoms with van der Waals surface area (Å²) < 4.78 is 3.02. The van der Waals surface area contributed by atoms with Crippen molar-refractivity contribution in [2.75, 3.05) is 0 Å². The number of rotatable bonds is 2. The quantitative estimate of drug-likeness (QED) is 0.812. The van der Waals surface area contributed by atoms with Crippen LogP contribution in [0.2, 0.25) is 0 Å². The zero-order valence-electron chi connectivity index (χ0n) is 11.7. The fourth-order valence-electron chi connectivity index (χ4n) is 3.36. The molecule has 1 aliphatic rings. The summed E-state index contributed by atoms with van der Waals surface area (Å²) in [6.45, 7) is 2.28. The topological polar surface area (TPSA) is 44.5 Å². The lowest BCUT2D eigenvalue weighted by atomic mass is 9.84. The van der Waals surface area contributed by atoms with Gasteiger partial charge in [-0.1, -0.05) is 13.3 Å². The van der Waals surface area contributed by atoms with Crippen LogP contribution in [0.5, 0.6) is 0 Å². The van der Waals surface area contributed by atoms with Gasteiger partial charge in [-0.2, -0.15) is 5.26 Å². The highest BCUT2D eigenvalue weighted by Crippen LogP contribution is 2.35. The molecule has 0 amide bonds. The van der Waals surface area contributed by atoms with Crippen LogP contribution in [0.15, 0.2) is 18.2 Å². The smallest absolute Gasteiger partial charge is 0.178 e. The molecule has 0 unspecified atom stereocenters. The molecule has 3 nitrogen and oxygen atoms in total. The van der Waals surface area contributed by atoms with Gasteiger partial charge in [0.1, 0.15) is 0 Å². The molecule has 104 valence electrons. The lowest BCUT2D eigenvalue weighted by Gasteiger charge is -2.29. The van der Waals surface area contributed by atoms with Crippen LogP contribution >= 0.6 is 12.2 Å². The average Bonchev–Trinajstić information content (AvgIpc) is 2.82. The highest BCUT2D eigenvalue weighted by atomic mass is 32.1. The van der Waals surface area contributed by atoms with Crippen molar-refractivity contribution in [3.63, 3.8) is 0 Å². The van der Waals surface area contributed by atoms with Gasteiger partial charge in [-0.25, -0.2) is 0 Å². The number of aromatic amines is 1. The van der Waals surface area contributed by atoms with E-state index in [-0.39, 0.29) is 0 Å². The fourth-order valence-corrected chi connectivity index (χ4v) is 3.72. The number of nitrogens with zero attached hydrogens (tertiary/aromatic N) is 2. The fraction of sp³-hybridized carbons (Fsp3) is 0.500. The lowest BCUT2D eigenvalue weighted by molar-refractivity contribution is 0.272. The highest BCUT2D eigenvalue weighted by Gasteiger charge is 2.23. The molecule has 0 spiro atoms. The summed E-state index contributed by atoms with van der Waals surface area (Å²) in [4.78, 5) is 3.27. The third kappa shape index (κ3) is 2.27. The van der Waals surface area contributed by atoms with E-state index in [1.807, 2.05) is 18.2 Å². The molecule has 0 aliphatic heterocycles. The van der Waals surface area contributed by atoms with Gasteiger partial charge in [0.05, 0.1) is 22.7 Å². The van der Waals surface area contributed by atoms with E-state index in [0.717, 1.165) is 21.7 Å². The van der Waals surface area contributed by atoms with E-state index in [4.69, 9.17) is 17.5 Å². The summed E-state index contributed by atoms with van der Waals surface area (Å²) in [7, 11) is 0. The van der Waals surface area contributed by atoms with Gasteiger partial charge in [0.2, 0.25) is 0 Å². The molecule has 1 fully saturated rings. The monoisotopic (exact) mass is 285 g/mol. The Balaban J connectivity index is 2.01. The van der Waals surface area contributed by atoms with Crippen LogP contribution < -0.4 is 0 Å². The first kappa shape index (κ1) is 13.4. The predicted molar refractivity (Wildman–Crippen MR) is 83.1 cm³/mol. The van der Waals surface area contributed by atoms with Gasteiger partial charge in [0.15, 0.2) is 4.77 Å². The number of imidazole rings is 1. The van der Waals surface area contributed by atoms with Crippen molar-refractivity contribution in [1.29, 1.82) is 5.26 Å². The van der Waals surface area contributed by atoms with Crippen LogP contribution in [-0.2, 0) is 0 Å². The van der Waals surface area contributed by atoms with Crippen molar-refractivity contribution in [1.82, 2.24) is 9.55 Å². The molecule has 4 heteroatoms. The third-order valence-corrected chi connectivity index (χ3v) is 4.90. The SMILES string of the molecule is CCC1CCC(n2c(=S)[nH]c3ccc(C#N)cc32)CC1. The summed E-state index contributed by atoms with van der Waals surface area (Å²) in [5.41, 5.74) is 2.81. The number of H-pyrrole nitrogens is 1. The van der Waals surface area contributed by atoms with E-state index in [9.17, 15) is 0 Å². The van der Waals surface area contributed by atoms with E-state index in [0.29, 0.717) is 11.6 Å². The van der Waals surface area contributed by atoms with Crippen molar-refractivity contribution in [3.8, 4) is 6.07 Å². The Labute approximate surface area is 124 Å². The second kappa shape index (κ2) is 5.41. The van der Waals surface area contributed by atoms with E-state index in [2.05, 4.69) is 22.5 Å². The van der Waals surface area contributed by atoms with Crippen LogP contribution in [0.25, 0.3) is 11.0 Å². The Morgan fingerprint density at radius 3 is 2.75 bits per heavy atom. The molecule has 2 aromatic rings. The largest absolute Gasteiger partial charge is 0.331 e. The molecule has 3 rings (SSSR count). The Kier molecular flexibility index (Phi) is 3.62. The minimum atomic E-state index is 0.480. The third-order valence-electron chi connectivity index (χ3n) is 4.61. The Morgan fingerprint density at radius 1 is 1.35 bits per heavy atom. The number of nitrogens with one attached hydrogen (secondary N) is 1. The number of hydrogen-bond acceptors (Lipinski definition) is 2. The van der Waals surface area contributed by atoms with Gasteiger partial charge >= 0.3 is 0 Å². The molecule has 20 heavy (non-hydrogen) atoms. The van der Waals surface area contributed by atoms with Gasteiger partial charge in [0.25, 0.3) is 0 Å². The van der Waals surface area contributed by atoms with E-state index < -0.39 is 0 Å². The average molecular weight is 285 g/mol. The van der Waals surface area contributed by atoms with Gasteiger partial charge in [-0.3, -0.25) is 0 Å². The van der Waals surface area contributed by atoms with Gasteiger partial charge < -0.3 is 9.55 Å². The number of fused-ring (bicyclic) bond motifs is 1. The standard InChI is InChI=1S/C16H19N3S/c1-2-11-3-6-13(7-4-11)19-15-9-12(10-17)5-8-14(15)18-16(19)20/h5,8-9,11,13H,2-4,6-7H2,1H3,(H,18,20). The molecule has 0 radical (unpaired) electrons. The van der Waals surface area contributed by atoms with E-state index in [1.54, 1.807) is 0 Å². The van der Waals surface area contributed by atoms with Crippen LogP contribution in [0, 0.1) is 22.0 Å². The van der Waals surface area contributed by atoms with Crippen LogP contribution in [-0.4, -0.2) is 9.55 Å². The molecular weight excluding hydrogens is 266 g/mol. The highest BCUT2D eigenvalue weighted by molar-refractivity contribution is 7.71. The Bertz CT molecular complexity index is 711. The first-order valence-electron chi connectivity index (χ1n) is 7.37. The number of benzene rings is 1. The molecule has 1 aliphatic carbocycles. The van der Waals surface area contributed by atoms with E-state index >= 15 is 0 Å². The van der Waals surface area contributed by atoms with Crippen molar-refractivity contribution in [2.45, 2.75) is 45.1 Å². The summed E-state index contributed by atoms with van der Waals surface area (Å²) in [5, 5.41) is 9.08. The van der Waals surface area contributed by atoms with Crippen molar-refractivity contribution < 1.29 is 0 Å². The second-order valence-corrected chi connectivity index (χ2v) is 6.11. The summed E-state index contributed by atoms with van der Waals surface area (Å²) in [6.07, 6.45) is 6.23. The maximum atomic E-state index is 9.08. The minimum absolute atomic E-state index is 0.480. The molecule has 1 heterocycles. The normalized spacial score (nSPS) is 22.8. The van der Waals surface area contributed by atoms with Crippen LogP contribution in [0.1, 0.15) is 50.6 Å². The van der Waals surface area contributed by atoms with Crippen LogP contribution in [0.3, 0.4) is 0 Å². The van der Waals surface area contributed by atoms with Crippen molar-refractivity contribution in [2.24, 2.45) is 5.92 Å². The first-order valence-corrected chi connectivity index (χ1v) is 7.78. The van der Waals surface area contributed by atoms with Gasteiger partial charge in [0, 0.05) is 6.04 Å². The Hall–Kier alpha value is -1.60. The molecule has 0 atom stereocenters.